The van der Waals surface area contributed by atoms with Crippen molar-refractivity contribution in [1.29, 1.82) is 0 Å². The van der Waals surface area contributed by atoms with Crippen LogP contribution in [0, 0.1) is 17.8 Å². The summed E-state index contributed by atoms with van der Waals surface area (Å²) in [4.78, 5) is 35.5. The number of aryl methyl sites for hydroxylation is 1. The van der Waals surface area contributed by atoms with E-state index in [9.17, 15) is 9.59 Å². The molecule has 2 fully saturated rings. The monoisotopic (exact) mass is 445 g/mol. The van der Waals surface area contributed by atoms with E-state index in [0.717, 1.165) is 48.2 Å². The van der Waals surface area contributed by atoms with E-state index in [1.165, 1.54) is 5.56 Å². The molecular formula is C27H31N3O3. The van der Waals surface area contributed by atoms with Crippen LogP contribution < -0.4 is 0 Å². The second-order valence-electron chi connectivity index (χ2n) is 10.8. The number of benzene rings is 2. The van der Waals surface area contributed by atoms with E-state index in [0.29, 0.717) is 11.0 Å². The molecule has 6 nitrogen and oxygen atoms in total. The Hall–Kier alpha value is -3.15. The van der Waals surface area contributed by atoms with Crippen LogP contribution in [0.4, 0.5) is 0 Å². The molecule has 1 aliphatic carbocycles. The highest BCUT2D eigenvalue weighted by atomic mass is 16.5. The Morgan fingerprint density at radius 2 is 1.91 bits per heavy atom. The summed E-state index contributed by atoms with van der Waals surface area (Å²) in [7, 11) is 0. The minimum atomic E-state index is -0.496. The number of piperidine rings is 1. The van der Waals surface area contributed by atoms with Crippen molar-refractivity contribution < 1.29 is 14.3 Å². The molecule has 0 spiro atoms. The maximum absolute atomic E-state index is 12.9. The van der Waals surface area contributed by atoms with Crippen LogP contribution in [-0.4, -0.2) is 45.9 Å². The van der Waals surface area contributed by atoms with Gasteiger partial charge in [0.1, 0.15) is 5.82 Å². The van der Waals surface area contributed by atoms with Crippen LogP contribution in [0.25, 0.3) is 22.4 Å². The van der Waals surface area contributed by atoms with Gasteiger partial charge in [0.05, 0.1) is 16.6 Å². The van der Waals surface area contributed by atoms with Crippen LogP contribution >= 0.6 is 0 Å². The molecular weight excluding hydrogens is 414 g/mol. The highest BCUT2D eigenvalue weighted by molar-refractivity contribution is 5.95. The fourth-order valence-corrected chi connectivity index (χ4v) is 5.88. The number of hydrogen-bond donors (Lipinski definition) is 1. The van der Waals surface area contributed by atoms with Crippen LogP contribution in [0.2, 0.25) is 0 Å². The molecule has 1 saturated carbocycles. The lowest BCUT2D eigenvalue weighted by Gasteiger charge is -2.40. The first-order chi connectivity index (χ1) is 15.6. The van der Waals surface area contributed by atoms with Gasteiger partial charge in [0, 0.05) is 18.2 Å². The van der Waals surface area contributed by atoms with Crippen molar-refractivity contribution in [1.82, 2.24) is 14.9 Å². The zero-order valence-corrected chi connectivity index (χ0v) is 19.8. The summed E-state index contributed by atoms with van der Waals surface area (Å²) in [6.07, 6.45) is 3.16. The number of likely N-dealkylation sites (tertiary alicyclic amines) is 1. The number of amides is 1. The summed E-state index contributed by atoms with van der Waals surface area (Å²) >= 11 is 0. The first kappa shape index (κ1) is 21.7. The number of aromatic amines is 1. The molecule has 1 saturated heterocycles. The van der Waals surface area contributed by atoms with Gasteiger partial charge in [0.25, 0.3) is 5.91 Å². The van der Waals surface area contributed by atoms with Gasteiger partial charge >= 0.3 is 5.97 Å². The first-order valence-electron chi connectivity index (χ1n) is 11.7. The van der Waals surface area contributed by atoms with Gasteiger partial charge in [-0.2, -0.15) is 0 Å². The number of carbonyl (C=O) groups is 2. The van der Waals surface area contributed by atoms with Crippen molar-refractivity contribution in [3.63, 3.8) is 0 Å². The lowest BCUT2D eigenvalue weighted by Crippen LogP contribution is -2.49. The predicted octanol–water partition coefficient (Wildman–Crippen LogP) is 5.12. The fourth-order valence-electron chi connectivity index (χ4n) is 5.88. The molecule has 2 aliphatic rings. The molecule has 33 heavy (non-hydrogen) atoms. The van der Waals surface area contributed by atoms with Gasteiger partial charge in [-0.05, 0) is 55.2 Å². The number of H-pyrrole nitrogens is 1. The number of nitrogens with one attached hydrogen (secondary N) is 1. The Morgan fingerprint density at radius 1 is 1.15 bits per heavy atom. The Bertz CT molecular complexity index is 1230. The van der Waals surface area contributed by atoms with Gasteiger partial charge in [-0.3, -0.25) is 4.79 Å². The molecule has 1 aliphatic heterocycles. The van der Waals surface area contributed by atoms with E-state index in [2.05, 4.69) is 30.7 Å². The maximum Gasteiger partial charge on any atom is 0.338 e. The normalized spacial score (nSPS) is 23.6. The molecule has 172 valence electrons. The van der Waals surface area contributed by atoms with Gasteiger partial charge < -0.3 is 14.6 Å². The highest BCUT2D eigenvalue weighted by Gasteiger charge is 2.53. The molecule has 2 atom stereocenters. The number of nitrogens with zero attached hydrogens (tertiary/aromatic N) is 2. The minimum absolute atomic E-state index is 0.0890. The molecule has 5 rings (SSSR count). The summed E-state index contributed by atoms with van der Waals surface area (Å²) in [5, 5.41) is 0. The number of carbonyl (C=O) groups excluding carboxylic acids is 2. The van der Waals surface area contributed by atoms with Gasteiger partial charge in [0.2, 0.25) is 0 Å². The molecule has 1 N–H and O–H groups in total. The van der Waals surface area contributed by atoms with E-state index < -0.39 is 5.97 Å². The zero-order chi connectivity index (χ0) is 23.4. The number of esters is 1. The fraction of sp³-hybridized carbons (Fsp3) is 0.444. The average molecular weight is 446 g/mol. The lowest BCUT2D eigenvalue weighted by molar-refractivity contribution is -0.140. The molecule has 3 aromatic rings. The molecule has 2 unspecified atom stereocenters. The van der Waals surface area contributed by atoms with Crippen molar-refractivity contribution in [2.24, 2.45) is 10.8 Å². The topological polar surface area (TPSA) is 75.3 Å². The van der Waals surface area contributed by atoms with E-state index in [1.807, 2.05) is 36.1 Å². The number of fused-ring (bicyclic) bond motifs is 3. The van der Waals surface area contributed by atoms with Gasteiger partial charge in [-0.15, -0.1) is 0 Å². The van der Waals surface area contributed by atoms with Crippen LogP contribution in [0.3, 0.4) is 0 Å². The van der Waals surface area contributed by atoms with Crippen molar-refractivity contribution in [2.75, 3.05) is 13.2 Å². The minimum Gasteiger partial charge on any atom is -0.452 e. The van der Waals surface area contributed by atoms with Crippen molar-refractivity contribution in [3.8, 4) is 11.4 Å². The first-order valence-corrected chi connectivity index (χ1v) is 11.7. The average Bonchev–Trinajstić information content (AvgIpc) is 3.27. The largest absolute Gasteiger partial charge is 0.452 e. The molecule has 2 bridgehead atoms. The molecule has 2 heterocycles. The summed E-state index contributed by atoms with van der Waals surface area (Å²) < 4.78 is 5.43. The second kappa shape index (κ2) is 7.72. The third-order valence-corrected chi connectivity index (χ3v) is 7.49. The van der Waals surface area contributed by atoms with Crippen molar-refractivity contribution in [3.05, 3.63) is 53.6 Å². The van der Waals surface area contributed by atoms with E-state index in [4.69, 9.17) is 4.74 Å². The van der Waals surface area contributed by atoms with Crippen LogP contribution in [0.15, 0.2) is 42.5 Å². The Morgan fingerprint density at radius 3 is 2.67 bits per heavy atom. The third kappa shape index (κ3) is 4.03. The van der Waals surface area contributed by atoms with E-state index in [-0.39, 0.29) is 24.0 Å². The Kier molecular flexibility index (Phi) is 5.07. The standard InChI is InChI=1S/C27H31N3O3/c1-17-5-7-18(8-6-17)24-28-20-10-9-19(13-21(20)29-24)25(32)33-15-23(31)30-12-11-27(4)14-22(30)26(2,3)16-27/h5-10,13,22H,11-12,14-16H2,1-4H3,(H,28,29). The molecule has 2 aromatic carbocycles. The summed E-state index contributed by atoms with van der Waals surface area (Å²) in [6.45, 7) is 9.37. The number of aromatic nitrogens is 2. The van der Waals surface area contributed by atoms with Gasteiger partial charge in [-0.25, -0.2) is 9.78 Å². The summed E-state index contributed by atoms with van der Waals surface area (Å²) in [6, 6.07) is 13.6. The van der Waals surface area contributed by atoms with E-state index in [1.54, 1.807) is 18.2 Å². The van der Waals surface area contributed by atoms with Gasteiger partial charge in [0.15, 0.2) is 6.61 Å². The van der Waals surface area contributed by atoms with E-state index >= 15 is 0 Å². The number of rotatable bonds is 4. The quantitative estimate of drug-likeness (QED) is 0.566. The number of ether oxygens (including phenoxy) is 1. The van der Waals surface area contributed by atoms with Crippen LogP contribution in [-0.2, 0) is 9.53 Å². The Balaban J connectivity index is 1.26. The van der Waals surface area contributed by atoms with Crippen molar-refractivity contribution in [2.45, 2.75) is 53.0 Å². The smallest absolute Gasteiger partial charge is 0.338 e. The molecule has 6 heteroatoms. The van der Waals surface area contributed by atoms with Crippen molar-refractivity contribution >= 4 is 22.9 Å². The second-order valence-corrected chi connectivity index (χ2v) is 10.8. The number of hydrogen-bond acceptors (Lipinski definition) is 4. The summed E-state index contributed by atoms with van der Waals surface area (Å²) in [5.41, 5.74) is 4.52. The Labute approximate surface area is 194 Å². The van der Waals surface area contributed by atoms with Crippen LogP contribution in [0.5, 0.6) is 0 Å². The maximum atomic E-state index is 12.9. The van der Waals surface area contributed by atoms with Crippen LogP contribution in [0.1, 0.15) is 56.0 Å². The lowest BCUT2D eigenvalue weighted by atomic mass is 9.81. The predicted molar refractivity (Wildman–Crippen MR) is 128 cm³/mol. The van der Waals surface area contributed by atoms with Gasteiger partial charge in [-0.1, -0.05) is 50.6 Å². The number of imidazole rings is 1. The third-order valence-electron chi connectivity index (χ3n) is 7.49. The highest BCUT2D eigenvalue weighted by Crippen LogP contribution is 2.55. The summed E-state index contributed by atoms with van der Waals surface area (Å²) in [5.74, 6) is 0.154. The SMILES string of the molecule is Cc1ccc(-c2nc3ccc(C(=O)OCC(=O)N4CCC5(C)CC4C(C)(C)C5)cc3[nH]2)cc1. The zero-order valence-electron chi connectivity index (χ0n) is 19.8. The molecule has 1 aromatic heterocycles. The molecule has 0 radical (unpaired) electrons. The molecule has 1 amide bonds.